The van der Waals surface area contributed by atoms with Crippen LogP contribution in [0.2, 0.25) is 5.02 Å². The molecule has 0 aliphatic carbocycles. The van der Waals surface area contributed by atoms with Crippen LogP contribution in [0.1, 0.15) is 30.0 Å². The normalized spacial score (nSPS) is 15.7. The van der Waals surface area contributed by atoms with Crippen molar-refractivity contribution in [3.8, 4) is 5.75 Å². The standard InChI is InChI=1S/C22H21ClN2O4/c1-4-9-29-19-8-6-15(12-17(19)23)11-16-20(26)24-22(28)25(21(16)27)18-7-5-13(2)10-14(18)3/h5-8,10-12H,4,9H2,1-3H3,(H,24,26,28)/b16-11+. The maximum absolute atomic E-state index is 13.0. The zero-order valence-electron chi connectivity index (χ0n) is 16.4. The molecule has 1 aliphatic heterocycles. The monoisotopic (exact) mass is 412 g/mol. The first-order valence-corrected chi connectivity index (χ1v) is 9.60. The number of carbonyl (C=O) groups is 3. The number of nitrogens with zero attached hydrogens (tertiary/aromatic N) is 1. The van der Waals surface area contributed by atoms with E-state index in [4.69, 9.17) is 16.3 Å². The maximum Gasteiger partial charge on any atom is 0.335 e. The number of hydrogen-bond acceptors (Lipinski definition) is 4. The molecule has 0 spiro atoms. The third kappa shape index (κ3) is 4.32. The van der Waals surface area contributed by atoms with Gasteiger partial charge in [0, 0.05) is 0 Å². The Labute approximate surface area is 174 Å². The number of anilines is 1. The number of benzene rings is 2. The summed E-state index contributed by atoms with van der Waals surface area (Å²) in [5.41, 5.74) is 2.58. The first-order chi connectivity index (χ1) is 13.8. The van der Waals surface area contributed by atoms with Crippen LogP contribution in [0, 0.1) is 13.8 Å². The van der Waals surface area contributed by atoms with Gasteiger partial charge in [-0.1, -0.05) is 42.3 Å². The van der Waals surface area contributed by atoms with E-state index in [-0.39, 0.29) is 5.57 Å². The Balaban J connectivity index is 1.96. The molecule has 6 nitrogen and oxygen atoms in total. The zero-order chi connectivity index (χ0) is 21.1. The molecule has 1 saturated heterocycles. The Morgan fingerprint density at radius 3 is 2.52 bits per heavy atom. The van der Waals surface area contributed by atoms with Crippen molar-refractivity contribution in [2.24, 2.45) is 0 Å². The van der Waals surface area contributed by atoms with Crippen LogP contribution in [0.4, 0.5) is 10.5 Å². The van der Waals surface area contributed by atoms with Gasteiger partial charge in [0.2, 0.25) is 0 Å². The number of aryl methyl sites for hydroxylation is 2. The van der Waals surface area contributed by atoms with Gasteiger partial charge < -0.3 is 4.74 Å². The number of imide groups is 2. The molecule has 0 radical (unpaired) electrons. The summed E-state index contributed by atoms with van der Waals surface area (Å²) in [6.45, 7) is 6.25. The molecule has 7 heteroatoms. The second-order valence-electron chi connectivity index (χ2n) is 6.79. The number of amides is 4. The van der Waals surface area contributed by atoms with Crippen LogP contribution in [0.25, 0.3) is 6.08 Å². The Kier molecular flexibility index (Phi) is 6.03. The number of carbonyl (C=O) groups excluding carboxylic acids is 3. The second kappa shape index (κ2) is 8.49. The minimum atomic E-state index is -0.773. The molecular formula is C22H21ClN2O4. The van der Waals surface area contributed by atoms with Crippen LogP contribution in [0.15, 0.2) is 42.0 Å². The summed E-state index contributed by atoms with van der Waals surface area (Å²) < 4.78 is 5.53. The largest absolute Gasteiger partial charge is 0.492 e. The average molecular weight is 413 g/mol. The SMILES string of the molecule is CCCOc1ccc(/C=C2\C(=O)NC(=O)N(c3ccc(C)cc3C)C2=O)cc1Cl. The summed E-state index contributed by atoms with van der Waals surface area (Å²) in [7, 11) is 0. The summed E-state index contributed by atoms with van der Waals surface area (Å²) in [4.78, 5) is 38.7. The van der Waals surface area contributed by atoms with Gasteiger partial charge in [-0.3, -0.25) is 14.9 Å². The van der Waals surface area contributed by atoms with Crippen molar-refractivity contribution < 1.29 is 19.1 Å². The number of hydrogen-bond donors (Lipinski definition) is 1. The first kappa shape index (κ1) is 20.6. The van der Waals surface area contributed by atoms with Crippen LogP contribution in [-0.2, 0) is 9.59 Å². The van der Waals surface area contributed by atoms with E-state index in [0.717, 1.165) is 22.4 Å². The highest BCUT2D eigenvalue weighted by molar-refractivity contribution is 6.39. The highest BCUT2D eigenvalue weighted by atomic mass is 35.5. The fourth-order valence-corrected chi connectivity index (χ4v) is 3.28. The Hall–Kier alpha value is -3.12. The molecule has 4 amide bonds. The van der Waals surface area contributed by atoms with Gasteiger partial charge in [-0.05, 0) is 55.7 Å². The number of rotatable bonds is 5. The molecule has 0 aromatic heterocycles. The predicted molar refractivity (Wildman–Crippen MR) is 112 cm³/mol. The fraction of sp³-hybridized carbons (Fsp3) is 0.227. The van der Waals surface area contributed by atoms with Crippen LogP contribution in [0.5, 0.6) is 5.75 Å². The number of urea groups is 1. The van der Waals surface area contributed by atoms with E-state index < -0.39 is 17.8 Å². The molecule has 0 saturated carbocycles. The highest BCUT2D eigenvalue weighted by Crippen LogP contribution is 2.29. The van der Waals surface area contributed by atoms with Crippen molar-refractivity contribution in [3.63, 3.8) is 0 Å². The lowest BCUT2D eigenvalue weighted by Crippen LogP contribution is -2.54. The van der Waals surface area contributed by atoms with Gasteiger partial charge >= 0.3 is 6.03 Å². The van der Waals surface area contributed by atoms with Crippen LogP contribution in [-0.4, -0.2) is 24.5 Å². The van der Waals surface area contributed by atoms with Crippen molar-refractivity contribution in [2.75, 3.05) is 11.5 Å². The molecule has 1 aliphatic rings. The first-order valence-electron chi connectivity index (χ1n) is 9.23. The fourth-order valence-electron chi connectivity index (χ4n) is 3.04. The number of barbiturate groups is 1. The van der Waals surface area contributed by atoms with E-state index in [1.165, 1.54) is 6.08 Å². The molecule has 29 heavy (non-hydrogen) atoms. The molecule has 1 N–H and O–H groups in total. The topological polar surface area (TPSA) is 75.7 Å². The molecule has 0 unspecified atom stereocenters. The lowest BCUT2D eigenvalue weighted by molar-refractivity contribution is -0.122. The van der Waals surface area contributed by atoms with E-state index in [1.807, 2.05) is 19.9 Å². The van der Waals surface area contributed by atoms with Gasteiger partial charge in [-0.2, -0.15) is 0 Å². The minimum absolute atomic E-state index is 0.150. The van der Waals surface area contributed by atoms with E-state index in [0.29, 0.717) is 28.6 Å². The lowest BCUT2D eigenvalue weighted by Gasteiger charge is -2.27. The smallest absolute Gasteiger partial charge is 0.335 e. The van der Waals surface area contributed by atoms with Crippen LogP contribution < -0.4 is 15.0 Å². The second-order valence-corrected chi connectivity index (χ2v) is 7.19. The molecule has 150 valence electrons. The highest BCUT2D eigenvalue weighted by Gasteiger charge is 2.37. The van der Waals surface area contributed by atoms with Gasteiger partial charge in [0.1, 0.15) is 11.3 Å². The van der Waals surface area contributed by atoms with Crippen molar-refractivity contribution >= 4 is 41.2 Å². The average Bonchev–Trinajstić information content (AvgIpc) is 2.66. The zero-order valence-corrected chi connectivity index (χ0v) is 17.2. The Morgan fingerprint density at radius 2 is 1.86 bits per heavy atom. The molecule has 2 aromatic rings. The summed E-state index contributed by atoms with van der Waals surface area (Å²) in [6.07, 6.45) is 2.26. The quantitative estimate of drug-likeness (QED) is 0.583. The summed E-state index contributed by atoms with van der Waals surface area (Å²) in [5, 5.41) is 2.60. The van der Waals surface area contributed by atoms with Crippen LogP contribution >= 0.6 is 11.6 Å². The van der Waals surface area contributed by atoms with Crippen molar-refractivity contribution in [1.82, 2.24) is 5.32 Å². The molecular weight excluding hydrogens is 392 g/mol. The molecule has 1 fully saturated rings. The van der Waals surface area contributed by atoms with E-state index in [9.17, 15) is 14.4 Å². The van der Waals surface area contributed by atoms with E-state index in [1.54, 1.807) is 37.3 Å². The Morgan fingerprint density at radius 1 is 1.10 bits per heavy atom. The lowest BCUT2D eigenvalue weighted by atomic mass is 10.0. The summed E-state index contributed by atoms with van der Waals surface area (Å²) in [5.74, 6) is -0.904. The van der Waals surface area contributed by atoms with Crippen molar-refractivity contribution in [1.29, 1.82) is 0 Å². The number of ether oxygens (including phenoxy) is 1. The molecule has 3 rings (SSSR count). The van der Waals surface area contributed by atoms with Crippen molar-refractivity contribution in [3.05, 3.63) is 63.7 Å². The van der Waals surface area contributed by atoms with E-state index >= 15 is 0 Å². The molecule has 0 atom stereocenters. The van der Waals surface area contributed by atoms with Gasteiger partial charge in [0.15, 0.2) is 0 Å². The van der Waals surface area contributed by atoms with Gasteiger partial charge in [-0.25, -0.2) is 9.69 Å². The predicted octanol–water partition coefficient (Wildman–Crippen LogP) is 4.41. The third-order valence-corrected chi connectivity index (χ3v) is 4.72. The molecule has 0 bridgehead atoms. The number of nitrogens with one attached hydrogen (secondary N) is 1. The van der Waals surface area contributed by atoms with Crippen LogP contribution in [0.3, 0.4) is 0 Å². The van der Waals surface area contributed by atoms with Gasteiger partial charge in [0.05, 0.1) is 17.3 Å². The molecule has 2 aromatic carbocycles. The number of halogens is 1. The molecule has 1 heterocycles. The van der Waals surface area contributed by atoms with Gasteiger partial charge in [-0.15, -0.1) is 0 Å². The Bertz CT molecular complexity index is 1030. The van der Waals surface area contributed by atoms with E-state index in [2.05, 4.69) is 5.32 Å². The van der Waals surface area contributed by atoms with Gasteiger partial charge in [0.25, 0.3) is 11.8 Å². The maximum atomic E-state index is 13.0. The minimum Gasteiger partial charge on any atom is -0.492 e. The summed E-state index contributed by atoms with van der Waals surface area (Å²) in [6, 6.07) is 9.57. The summed E-state index contributed by atoms with van der Waals surface area (Å²) >= 11 is 6.23. The third-order valence-electron chi connectivity index (χ3n) is 4.42. The van der Waals surface area contributed by atoms with Crippen molar-refractivity contribution in [2.45, 2.75) is 27.2 Å².